The van der Waals surface area contributed by atoms with Gasteiger partial charge in [-0.1, -0.05) is 60.6 Å². The second-order valence-electron chi connectivity index (χ2n) is 5.45. The summed E-state index contributed by atoms with van der Waals surface area (Å²) in [6, 6.07) is 13.6. The summed E-state index contributed by atoms with van der Waals surface area (Å²) in [6.45, 7) is 2.74. The number of hydrogen-bond donors (Lipinski definition) is 0. The number of rotatable bonds is 5. The highest BCUT2D eigenvalue weighted by molar-refractivity contribution is 6.30. The fraction of sp³-hybridized carbons (Fsp3) is 0.158. The molecule has 0 aromatic heterocycles. The predicted molar refractivity (Wildman–Crippen MR) is 92.1 cm³/mol. The number of alkyl halides is 3. The molecule has 1 unspecified atom stereocenters. The molecule has 0 radical (unpaired) electrons. The minimum absolute atomic E-state index is 0.0671. The first kappa shape index (κ1) is 20.5. The van der Waals surface area contributed by atoms with Crippen molar-refractivity contribution >= 4 is 23.7 Å². The Morgan fingerprint density at radius 3 is 2.19 bits per heavy atom. The van der Waals surface area contributed by atoms with Crippen LogP contribution in [-0.4, -0.2) is 18.3 Å². The first-order valence-corrected chi connectivity index (χ1v) is 8.00. The predicted octanol–water partition coefficient (Wildman–Crippen LogP) is 5.42. The van der Waals surface area contributed by atoms with E-state index < -0.39 is 29.8 Å². The molecule has 0 saturated carbocycles. The normalized spacial score (nSPS) is 12.1. The zero-order chi connectivity index (χ0) is 20.0. The molecular weight excluding hydrogens is 385 g/mol. The molecule has 4 nitrogen and oxygen atoms in total. The average Bonchev–Trinajstić information content (AvgIpc) is 2.62. The fourth-order valence-electron chi connectivity index (χ4n) is 2.19. The number of ether oxygens (including phenoxy) is 2. The standard InChI is InChI=1S/C19H14ClF3O4/c1-12(19(21,22)23)16(14-7-9-15(20)10-8-14)17(24)27-18(25)26-11-13-5-3-2-4-6-13/h2-10,16H,1,11H2. The molecule has 2 aromatic rings. The molecule has 0 saturated heterocycles. The van der Waals surface area contributed by atoms with Crippen molar-refractivity contribution in [2.24, 2.45) is 0 Å². The summed E-state index contributed by atoms with van der Waals surface area (Å²) in [5, 5.41) is 0.269. The first-order valence-electron chi connectivity index (χ1n) is 7.62. The largest absolute Gasteiger partial charge is 0.516 e. The van der Waals surface area contributed by atoms with Gasteiger partial charge in [0.1, 0.15) is 12.5 Å². The Labute approximate surface area is 158 Å². The number of carbonyl (C=O) groups is 2. The van der Waals surface area contributed by atoms with E-state index in [-0.39, 0.29) is 17.2 Å². The fourth-order valence-corrected chi connectivity index (χ4v) is 2.31. The minimum atomic E-state index is -4.86. The molecule has 0 aliphatic carbocycles. The van der Waals surface area contributed by atoms with Crippen molar-refractivity contribution in [3.8, 4) is 0 Å². The molecule has 0 amide bonds. The van der Waals surface area contributed by atoms with Crippen LogP contribution >= 0.6 is 11.6 Å². The lowest BCUT2D eigenvalue weighted by Gasteiger charge is -2.20. The molecule has 0 fully saturated rings. The smallest absolute Gasteiger partial charge is 0.429 e. The Hall–Kier alpha value is -2.80. The third kappa shape index (κ3) is 5.86. The SMILES string of the molecule is C=C(C(C(=O)OC(=O)OCc1ccccc1)c1ccc(Cl)cc1)C(F)(F)F. The second-order valence-corrected chi connectivity index (χ2v) is 5.89. The molecule has 27 heavy (non-hydrogen) atoms. The van der Waals surface area contributed by atoms with E-state index in [1.807, 2.05) is 0 Å². The van der Waals surface area contributed by atoms with Crippen LogP contribution in [0.1, 0.15) is 17.0 Å². The van der Waals surface area contributed by atoms with Crippen molar-refractivity contribution in [1.29, 1.82) is 0 Å². The van der Waals surface area contributed by atoms with Crippen LogP contribution in [0, 0.1) is 0 Å². The summed E-state index contributed by atoms with van der Waals surface area (Å²) in [5.74, 6) is -3.37. The van der Waals surface area contributed by atoms with E-state index in [1.165, 1.54) is 24.3 Å². The summed E-state index contributed by atoms with van der Waals surface area (Å²) in [6.07, 6.45) is -6.27. The topological polar surface area (TPSA) is 52.6 Å². The van der Waals surface area contributed by atoms with E-state index in [4.69, 9.17) is 16.3 Å². The molecule has 0 N–H and O–H groups in total. The maximum Gasteiger partial charge on any atom is 0.516 e. The molecule has 0 aliphatic rings. The molecule has 1 atom stereocenters. The van der Waals surface area contributed by atoms with Crippen LogP contribution in [0.15, 0.2) is 66.7 Å². The number of halogens is 4. The highest BCUT2D eigenvalue weighted by atomic mass is 35.5. The average molecular weight is 399 g/mol. The Kier molecular flexibility index (Phi) is 6.63. The number of carbonyl (C=O) groups excluding carboxylic acids is 2. The van der Waals surface area contributed by atoms with Gasteiger partial charge in [0.15, 0.2) is 0 Å². The Bertz CT molecular complexity index is 817. The van der Waals surface area contributed by atoms with Gasteiger partial charge in [-0.05, 0) is 23.3 Å². The maximum absolute atomic E-state index is 13.1. The van der Waals surface area contributed by atoms with Gasteiger partial charge in [0, 0.05) is 10.6 Å². The first-order chi connectivity index (χ1) is 12.7. The van der Waals surface area contributed by atoms with E-state index in [2.05, 4.69) is 11.3 Å². The van der Waals surface area contributed by atoms with Crippen molar-refractivity contribution in [2.45, 2.75) is 18.7 Å². The lowest BCUT2D eigenvalue weighted by Crippen LogP contribution is -2.27. The van der Waals surface area contributed by atoms with Gasteiger partial charge in [-0.25, -0.2) is 4.79 Å². The quantitative estimate of drug-likeness (QED) is 0.383. The monoisotopic (exact) mass is 398 g/mol. The molecule has 0 aliphatic heterocycles. The van der Waals surface area contributed by atoms with Crippen molar-refractivity contribution in [3.63, 3.8) is 0 Å². The summed E-state index contributed by atoms with van der Waals surface area (Å²) < 4.78 is 48.4. The third-order valence-corrected chi connectivity index (χ3v) is 3.79. The summed E-state index contributed by atoms with van der Waals surface area (Å²) in [7, 11) is 0. The minimum Gasteiger partial charge on any atom is -0.429 e. The van der Waals surface area contributed by atoms with Crippen LogP contribution < -0.4 is 0 Å². The van der Waals surface area contributed by atoms with Gasteiger partial charge in [0.05, 0.1) is 0 Å². The van der Waals surface area contributed by atoms with Crippen molar-refractivity contribution in [2.75, 3.05) is 0 Å². The van der Waals surface area contributed by atoms with Crippen LogP contribution in [0.4, 0.5) is 18.0 Å². The van der Waals surface area contributed by atoms with Gasteiger partial charge < -0.3 is 9.47 Å². The van der Waals surface area contributed by atoms with Gasteiger partial charge in [-0.2, -0.15) is 13.2 Å². The van der Waals surface area contributed by atoms with E-state index >= 15 is 0 Å². The van der Waals surface area contributed by atoms with Crippen molar-refractivity contribution < 1.29 is 32.2 Å². The van der Waals surface area contributed by atoms with E-state index in [0.717, 1.165) is 0 Å². The number of benzene rings is 2. The van der Waals surface area contributed by atoms with Gasteiger partial charge in [0.25, 0.3) is 0 Å². The Morgan fingerprint density at radius 2 is 1.63 bits per heavy atom. The molecule has 2 rings (SSSR count). The molecular formula is C19H14ClF3O4. The van der Waals surface area contributed by atoms with Crippen molar-refractivity contribution in [1.82, 2.24) is 0 Å². The summed E-state index contributed by atoms with van der Waals surface area (Å²) >= 11 is 5.71. The van der Waals surface area contributed by atoms with Crippen LogP contribution in [0.5, 0.6) is 0 Å². The highest BCUT2D eigenvalue weighted by Gasteiger charge is 2.42. The number of esters is 1. The summed E-state index contributed by atoms with van der Waals surface area (Å²) in [4.78, 5) is 23.9. The van der Waals surface area contributed by atoms with E-state index in [9.17, 15) is 22.8 Å². The van der Waals surface area contributed by atoms with Gasteiger partial charge in [-0.3, -0.25) is 4.79 Å². The van der Waals surface area contributed by atoms with Crippen molar-refractivity contribution in [3.05, 3.63) is 82.9 Å². The van der Waals surface area contributed by atoms with Gasteiger partial charge in [0.2, 0.25) is 0 Å². The zero-order valence-electron chi connectivity index (χ0n) is 13.8. The molecule has 0 spiro atoms. The summed E-state index contributed by atoms with van der Waals surface area (Å²) in [5.41, 5.74) is -0.816. The van der Waals surface area contributed by atoms with Crippen LogP contribution in [0.3, 0.4) is 0 Å². The van der Waals surface area contributed by atoms with E-state index in [0.29, 0.717) is 5.56 Å². The van der Waals surface area contributed by atoms with Gasteiger partial charge >= 0.3 is 18.3 Å². The number of hydrogen-bond acceptors (Lipinski definition) is 4. The Morgan fingerprint density at radius 1 is 1.04 bits per heavy atom. The third-order valence-electron chi connectivity index (χ3n) is 3.54. The van der Waals surface area contributed by atoms with Crippen LogP contribution in [0.25, 0.3) is 0 Å². The highest BCUT2D eigenvalue weighted by Crippen LogP contribution is 2.37. The maximum atomic E-state index is 13.1. The van der Waals surface area contributed by atoms with Crippen LogP contribution in [-0.2, 0) is 20.9 Å². The molecule has 142 valence electrons. The Balaban J connectivity index is 2.12. The zero-order valence-corrected chi connectivity index (χ0v) is 14.6. The molecule has 2 aromatic carbocycles. The molecule has 8 heteroatoms. The van der Waals surface area contributed by atoms with E-state index in [1.54, 1.807) is 30.3 Å². The van der Waals surface area contributed by atoms with Gasteiger partial charge in [-0.15, -0.1) is 0 Å². The van der Waals surface area contributed by atoms with Crippen LogP contribution in [0.2, 0.25) is 5.02 Å². The second kappa shape index (κ2) is 8.73. The molecule has 0 bridgehead atoms. The lowest BCUT2D eigenvalue weighted by molar-refractivity contribution is -0.145. The molecule has 0 heterocycles. The lowest BCUT2D eigenvalue weighted by atomic mass is 9.91.